The standard InChI is InChI=1S/C8H16N2OS/c9-7(11)6-8(10)2-1-4-12-5-3-8/h1-6,10H2,(H2,9,11). The Morgan fingerprint density at radius 1 is 1.42 bits per heavy atom. The molecular formula is C8H16N2OS. The molecule has 4 heteroatoms. The fourth-order valence-corrected chi connectivity index (χ4v) is 2.66. The molecule has 0 saturated carbocycles. The molecule has 0 bridgehead atoms. The van der Waals surface area contributed by atoms with Crippen LogP contribution in [0.25, 0.3) is 0 Å². The van der Waals surface area contributed by atoms with Crippen LogP contribution in [0.3, 0.4) is 0 Å². The van der Waals surface area contributed by atoms with Crippen molar-refractivity contribution in [3.8, 4) is 0 Å². The highest BCUT2D eigenvalue weighted by Gasteiger charge is 2.27. The van der Waals surface area contributed by atoms with E-state index >= 15 is 0 Å². The first kappa shape index (κ1) is 9.86. The number of hydrogen-bond donors (Lipinski definition) is 2. The van der Waals surface area contributed by atoms with Gasteiger partial charge in [-0.1, -0.05) is 0 Å². The number of thioether (sulfide) groups is 1. The average Bonchev–Trinajstić information content (AvgIpc) is 2.12. The number of primary amides is 1. The molecule has 0 aromatic heterocycles. The van der Waals surface area contributed by atoms with Gasteiger partial charge in [-0.05, 0) is 30.8 Å². The van der Waals surface area contributed by atoms with E-state index in [0.717, 1.165) is 30.8 Å². The normalized spacial score (nSPS) is 31.1. The zero-order valence-corrected chi connectivity index (χ0v) is 8.03. The van der Waals surface area contributed by atoms with Crippen LogP contribution in [0.4, 0.5) is 0 Å². The van der Waals surface area contributed by atoms with E-state index < -0.39 is 0 Å². The van der Waals surface area contributed by atoms with Crippen molar-refractivity contribution < 1.29 is 4.79 Å². The van der Waals surface area contributed by atoms with Gasteiger partial charge >= 0.3 is 0 Å². The molecule has 0 aliphatic carbocycles. The summed E-state index contributed by atoms with van der Waals surface area (Å²) < 4.78 is 0. The summed E-state index contributed by atoms with van der Waals surface area (Å²) in [5.74, 6) is 1.95. The summed E-state index contributed by atoms with van der Waals surface area (Å²) in [6, 6.07) is 0. The Hall–Kier alpha value is -0.220. The van der Waals surface area contributed by atoms with Crippen molar-refractivity contribution in [3.63, 3.8) is 0 Å². The maximum absolute atomic E-state index is 10.7. The molecule has 1 saturated heterocycles. The Bertz CT molecular complexity index is 164. The molecule has 70 valence electrons. The van der Waals surface area contributed by atoms with Crippen LogP contribution in [0.15, 0.2) is 0 Å². The molecule has 1 atom stereocenters. The summed E-state index contributed by atoms with van der Waals surface area (Å²) in [6.45, 7) is 0. The summed E-state index contributed by atoms with van der Waals surface area (Å²) in [4.78, 5) is 10.7. The van der Waals surface area contributed by atoms with Gasteiger partial charge in [0.2, 0.25) is 5.91 Å². The summed E-state index contributed by atoms with van der Waals surface area (Å²) in [6.07, 6.45) is 3.30. The van der Waals surface area contributed by atoms with Crippen LogP contribution in [0.2, 0.25) is 0 Å². The zero-order valence-electron chi connectivity index (χ0n) is 7.21. The minimum absolute atomic E-state index is 0.274. The number of nitrogens with two attached hydrogens (primary N) is 2. The van der Waals surface area contributed by atoms with Crippen LogP contribution in [0.5, 0.6) is 0 Å². The fraction of sp³-hybridized carbons (Fsp3) is 0.875. The summed E-state index contributed by atoms with van der Waals surface area (Å²) in [7, 11) is 0. The van der Waals surface area contributed by atoms with Gasteiger partial charge in [-0.15, -0.1) is 0 Å². The smallest absolute Gasteiger partial charge is 0.219 e. The van der Waals surface area contributed by atoms with E-state index in [-0.39, 0.29) is 11.4 Å². The predicted octanol–water partition coefficient (Wildman–Crippen LogP) is 0.476. The van der Waals surface area contributed by atoms with E-state index in [1.54, 1.807) is 0 Å². The SMILES string of the molecule is NC(=O)CC1(N)CCCSCC1. The van der Waals surface area contributed by atoms with Crippen molar-refractivity contribution in [2.75, 3.05) is 11.5 Å². The quantitative estimate of drug-likeness (QED) is 0.662. The molecule has 1 aliphatic heterocycles. The van der Waals surface area contributed by atoms with Gasteiger partial charge in [0.15, 0.2) is 0 Å². The van der Waals surface area contributed by atoms with Gasteiger partial charge in [-0.3, -0.25) is 4.79 Å². The molecule has 1 amide bonds. The highest BCUT2D eigenvalue weighted by molar-refractivity contribution is 7.99. The number of carbonyl (C=O) groups excluding carboxylic acids is 1. The Kier molecular flexibility index (Phi) is 3.40. The van der Waals surface area contributed by atoms with Crippen molar-refractivity contribution >= 4 is 17.7 Å². The maximum Gasteiger partial charge on any atom is 0.219 e. The third kappa shape index (κ3) is 3.03. The van der Waals surface area contributed by atoms with E-state index in [0.29, 0.717) is 6.42 Å². The van der Waals surface area contributed by atoms with Crippen molar-refractivity contribution in [3.05, 3.63) is 0 Å². The lowest BCUT2D eigenvalue weighted by Gasteiger charge is -2.25. The summed E-state index contributed by atoms with van der Waals surface area (Å²) in [5.41, 5.74) is 10.9. The number of hydrogen-bond acceptors (Lipinski definition) is 3. The van der Waals surface area contributed by atoms with Crippen molar-refractivity contribution in [2.45, 2.75) is 31.2 Å². The van der Waals surface area contributed by atoms with Gasteiger partial charge in [-0.25, -0.2) is 0 Å². The molecule has 0 radical (unpaired) electrons. The van der Waals surface area contributed by atoms with Crippen molar-refractivity contribution in [2.24, 2.45) is 11.5 Å². The van der Waals surface area contributed by atoms with E-state index in [4.69, 9.17) is 11.5 Å². The van der Waals surface area contributed by atoms with Gasteiger partial charge in [0.05, 0.1) is 0 Å². The maximum atomic E-state index is 10.7. The Labute approximate surface area is 77.3 Å². The van der Waals surface area contributed by atoms with Crippen LogP contribution in [0.1, 0.15) is 25.7 Å². The van der Waals surface area contributed by atoms with Crippen molar-refractivity contribution in [1.29, 1.82) is 0 Å². The number of carbonyl (C=O) groups is 1. The highest BCUT2D eigenvalue weighted by Crippen LogP contribution is 2.26. The van der Waals surface area contributed by atoms with Crippen LogP contribution in [0, 0.1) is 0 Å². The Balaban J connectivity index is 2.48. The van der Waals surface area contributed by atoms with E-state index in [9.17, 15) is 4.79 Å². The second-order valence-electron chi connectivity index (χ2n) is 3.47. The van der Waals surface area contributed by atoms with E-state index in [2.05, 4.69) is 0 Å². The number of rotatable bonds is 2. The first-order valence-corrected chi connectivity index (χ1v) is 5.43. The lowest BCUT2D eigenvalue weighted by Crippen LogP contribution is -2.43. The van der Waals surface area contributed by atoms with Crippen LogP contribution < -0.4 is 11.5 Å². The zero-order chi connectivity index (χ0) is 9.03. The fourth-order valence-electron chi connectivity index (χ4n) is 1.55. The molecule has 12 heavy (non-hydrogen) atoms. The minimum Gasteiger partial charge on any atom is -0.370 e. The second kappa shape index (κ2) is 4.14. The summed E-state index contributed by atoms with van der Waals surface area (Å²) in [5, 5.41) is 0. The van der Waals surface area contributed by atoms with Gasteiger partial charge in [-0.2, -0.15) is 11.8 Å². The first-order valence-electron chi connectivity index (χ1n) is 4.27. The average molecular weight is 188 g/mol. The van der Waals surface area contributed by atoms with E-state index in [1.165, 1.54) is 0 Å². The first-order chi connectivity index (χ1) is 5.62. The predicted molar refractivity (Wildman–Crippen MR) is 51.9 cm³/mol. The summed E-state index contributed by atoms with van der Waals surface area (Å²) >= 11 is 1.91. The third-order valence-electron chi connectivity index (χ3n) is 2.23. The Morgan fingerprint density at radius 3 is 2.83 bits per heavy atom. The minimum atomic E-state index is -0.310. The molecule has 0 aromatic carbocycles. The molecule has 1 rings (SSSR count). The van der Waals surface area contributed by atoms with Crippen molar-refractivity contribution in [1.82, 2.24) is 0 Å². The van der Waals surface area contributed by atoms with Gasteiger partial charge < -0.3 is 11.5 Å². The van der Waals surface area contributed by atoms with Crippen LogP contribution in [-0.4, -0.2) is 23.0 Å². The Morgan fingerprint density at radius 2 is 2.17 bits per heavy atom. The molecule has 3 nitrogen and oxygen atoms in total. The second-order valence-corrected chi connectivity index (χ2v) is 4.70. The lowest BCUT2D eigenvalue weighted by molar-refractivity contribution is -0.119. The lowest BCUT2D eigenvalue weighted by atomic mass is 9.88. The highest BCUT2D eigenvalue weighted by atomic mass is 32.2. The van der Waals surface area contributed by atoms with Gasteiger partial charge in [0.1, 0.15) is 0 Å². The van der Waals surface area contributed by atoms with Gasteiger partial charge in [0.25, 0.3) is 0 Å². The topological polar surface area (TPSA) is 69.1 Å². The largest absolute Gasteiger partial charge is 0.370 e. The third-order valence-corrected chi connectivity index (χ3v) is 3.30. The molecule has 1 unspecified atom stereocenters. The van der Waals surface area contributed by atoms with Crippen LogP contribution in [-0.2, 0) is 4.79 Å². The molecule has 1 heterocycles. The molecule has 0 aromatic rings. The molecular weight excluding hydrogens is 172 g/mol. The molecule has 1 aliphatic rings. The monoisotopic (exact) mass is 188 g/mol. The van der Waals surface area contributed by atoms with Gasteiger partial charge in [0, 0.05) is 12.0 Å². The molecule has 4 N–H and O–H groups in total. The molecule has 0 spiro atoms. The van der Waals surface area contributed by atoms with Crippen LogP contribution >= 0.6 is 11.8 Å². The van der Waals surface area contributed by atoms with E-state index in [1.807, 2.05) is 11.8 Å². The molecule has 1 fully saturated rings. The number of amides is 1.